The highest BCUT2D eigenvalue weighted by Crippen LogP contribution is 2.19. The van der Waals surface area contributed by atoms with Gasteiger partial charge in [-0.05, 0) is 12.1 Å². The Morgan fingerprint density at radius 1 is 1.36 bits per heavy atom. The van der Waals surface area contributed by atoms with E-state index in [1.165, 1.54) is 5.01 Å². The van der Waals surface area contributed by atoms with Crippen LogP contribution in [0.5, 0.6) is 0 Å². The summed E-state index contributed by atoms with van der Waals surface area (Å²) in [4.78, 5) is 11.6. The molecule has 3 nitrogen and oxygen atoms in total. The minimum atomic E-state index is 0.0613. The third kappa shape index (κ3) is 1.66. The molecule has 0 fully saturated rings. The molecule has 72 valence electrons. The first-order valence-corrected chi connectivity index (χ1v) is 4.69. The fourth-order valence-corrected chi connectivity index (χ4v) is 1.44. The van der Waals surface area contributed by atoms with Gasteiger partial charge in [0.15, 0.2) is 0 Å². The van der Waals surface area contributed by atoms with Gasteiger partial charge >= 0.3 is 0 Å². The Labute approximate surface area is 83.0 Å². The third-order valence-corrected chi connectivity index (χ3v) is 2.17. The Hall–Kier alpha value is -1.64. The largest absolute Gasteiger partial charge is 0.273 e. The minimum absolute atomic E-state index is 0.0613. The standard InChI is InChI=1S/C11H12N2O/c1-9-7-11(14)13(12-8-9)10-5-3-2-4-6-10/h2-6,8-9H,7H2,1H3. The Morgan fingerprint density at radius 3 is 2.71 bits per heavy atom. The average Bonchev–Trinajstić information content (AvgIpc) is 2.19. The molecule has 3 heteroatoms. The van der Waals surface area contributed by atoms with Gasteiger partial charge in [0, 0.05) is 18.6 Å². The quantitative estimate of drug-likeness (QED) is 0.663. The van der Waals surface area contributed by atoms with E-state index in [2.05, 4.69) is 5.10 Å². The zero-order valence-corrected chi connectivity index (χ0v) is 8.05. The second kappa shape index (κ2) is 3.62. The maximum atomic E-state index is 11.6. The lowest BCUT2D eigenvalue weighted by atomic mass is 10.1. The summed E-state index contributed by atoms with van der Waals surface area (Å²) in [5, 5.41) is 5.58. The van der Waals surface area contributed by atoms with Gasteiger partial charge in [-0.2, -0.15) is 5.10 Å². The van der Waals surface area contributed by atoms with Crippen molar-refractivity contribution in [2.45, 2.75) is 13.3 Å². The van der Waals surface area contributed by atoms with Crippen LogP contribution in [0.4, 0.5) is 5.69 Å². The molecule has 1 unspecified atom stereocenters. The molecule has 14 heavy (non-hydrogen) atoms. The summed E-state index contributed by atoms with van der Waals surface area (Å²) >= 11 is 0. The summed E-state index contributed by atoms with van der Waals surface area (Å²) in [7, 11) is 0. The lowest BCUT2D eigenvalue weighted by molar-refractivity contribution is -0.119. The normalized spacial score (nSPS) is 21.4. The van der Waals surface area contributed by atoms with Crippen molar-refractivity contribution < 1.29 is 4.79 Å². The van der Waals surface area contributed by atoms with Crippen LogP contribution in [0.3, 0.4) is 0 Å². The Bertz CT molecular complexity index is 359. The third-order valence-electron chi connectivity index (χ3n) is 2.17. The maximum Gasteiger partial charge on any atom is 0.248 e. The van der Waals surface area contributed by atoms with Gasteiger partial charge in [-0.25, -0.2) is 5.01 Å². The molecular formula is C11H12N2O. The fourth-order valence-electron chi connectivity index (χ4n) is 1.44. The first-order chi connectivity index (χ1) is 6.77. The topological polar surface area (TPSA) is 32.7 Å². The van der Waals surface area contributed by atoms with E-state index in [0.29, 0.717) is 6.42 Å². The molecule has 0 aromatic heterocycles. The molecule has 0 radical (unpaired) electrons. The zero-order valence-electron chi connectivity index (χ0n) is 8.05. The Kier molecular flexibility index (Phi) is 2.31. The van der Waals surface area contributed by atoms with Gasteiger partial charge in [-0.15, -0.1) is 0 Å². The molecule has 1 heterocycles. The highest BCUT2D eigenvalue weighted by molar-refractivity contribution is 5.97. The summed E-state index contributed by atoms with van der Waals surface area (Å²) in [6, 6.07) is 9.48. The highest BCUT2D eigenvalue weighted by atomic mass is 16.2. The van der Waals surface area contributed by atoms with Gasteiger partial charge in [0.2, 0.25) is 5.91 Å². The van der Waals surface area contributed by atoms with E-state index >= 15 is 0 Å². The lowest BCUT2D eigenvalue weighted by Gasteiger charge is -2.22. The van der Waals surface area contributed by atoms with Crippen molar-refractivity contribution in [2.75, 3.05) is 5.01 Å². The van der Waals surface area contributed by atoms with E-state index in [-0.39, 0.29) is 11.8 Å². The van der Waals surface area contributed by atoms with Crippen LogP contribution >= 0.6 is 0 Å². The van der Waals surface area contributed by atoms with Crippen LogP contribution in [-0.2, 0) is 4.79 Å². The second-order valence-corrected chi connectivity index (χ2v) is 3.49. The number of benzene rings is 1. The van der Waals surface area contributed by atoms with Crippen molar-refractivity contribution >= 4 is 17.8 Å². The van der Waals surface area contributed by atoms with Crippen LogP contribution in [0.25, 0.3) is 0 Å². The molecule has 0 bridgehead atoms. The minimum Gasteiger partial charge on any atom is -0.273 e. The van der Waals surface area contributed by atoms with E-state index in [1.54, 1.807) is 0 Å². The Morgan fingerprint density at radius 2 is 2.07 bits per heavy atom. The van der Waals surface area contributed by atoms with Gasteiger partial charge in [-0.1, -0.05) is 25.1 Å². The molecule has 0 spiro atoms. The number of para-hydroxylation sites is 1. The molecule has 1 aromatic carbocycles. The first-order valence-electron chi connectivity index (χ1n) is 4.69. The molecule has 1 atom stereocenters. The molecule has 1 aromatic rings. The van der Waals surface area contributed by atoms with Crippen molar-refractivity contribution in [1.82, 2.24) is 0 Å². The number of carbonyl (C=O) groups is 1. The number of amides is 1. The monoisotopic (exact) mass is 188 g/mol. The molecule has 1 amide bonds. The fraction of sp³-hybridized carbons (Fsp3) is 0.273. The van der Waals surface area contributed by atoms with Gasteiger partial charge in [-0.3, -0.25) is 4.79 Å². The van der Waals surface area contributed by atoms with Crippen molar-refractivity contribution in [3.8, 4) is 0 Å². The van der Waals surface area contributed by atoms with Crippen molar-refractivity contribution in [1.29, 1.82) is 0 Å². The number of hydrogen-bond donors (Lipinski definition) is 0. The van der Waals surface area contributed by atoms with Crippen molar-refractivity contribution in [2.24, 2.45) is 11.0 Å². The van der Waals surface area contributed by atoms with E-state index in [9.17, 15) is 4.79 Å². The molecule has 2 rings (SSSR count). The van der Waals surface area contributed by atoms with E-state index in [4.69, 9.17) is 0 Å². The molecule has 0 saturated heterocycles. The summed E-state index contributed by atoms with van der Waals surface area (Å²) in [5.74, 6) is 0.314. The smallest absolute Gasteiger partial charge is 0.248 e. The molecule has 0 saturated carbocycles. The van der Waals surface area contributed by atoms with Crippen molar-refractivity contribution in [3.63, 3.8) is 0 Å². The van der Waals surface area contributed by atoms with Gasteiger partial charge in [0.05, 0.1) is 5.69 Å². The SMILES string of the molecule is CC1C=NN(c2ccccc2)C(=O)C1. The molecule has 1 aliphatic heterocycles. The van der Waals surface area contributed by atoms with E-state index < -0.39 is 0 Å². The maximum absolute atomic E-state index is 11.6. The van der Waals surface area contributed by atoms with Crippen LogP contribution in [0.2, 0.25) is 0 Å². The van der Waals surface area contributed by atoms with E-state index in [0.717, 1.165) is 5.69 Å². The van der Waals surface area contributed by atoms with Crippen LogP contribution in [0.1, 0.15) is 13.3 Å². The van der Waals surface area contributed by atoms with E-state index in [1.807, 2.05) is 43.5 Å². The van der Waals surface area contributed by atoms with Crippen LogP contribution in [0.15, 0.2) is 35.4 Å². The number of anilines is 1. The number of hydrazone groups is 1. The number of nitrogens with zero attached hydrogens (tertiary/aromatic N) is 2. The lowest BCUT2D eigenvalue weighted by Crippen LogP contribution is -2.31. The molecule has 1 aliphatic rings. The summed E-state index contributed by atoms with van der Waals surface area (Å²) in [5.41, 5.74) is 0.834. The molecule has 0 aliphatic carbocycles. The van der Waals surface area contributed by atoms with Crippen LogP contribution in [0, 0.1) is 5.92 Å². The predicted octanol–water partition coefficient (Wildman–Crippen LogP) is 2.05. The number of carbonyl (C=O) groups excluding carboxylic acids is 1. The summed E-state index contributed by atoms with van der Waals surface area (Å²) < 4.78 is 0. The predicted molar refractivity (Wildman–Crippen MR) is 56.2 cm³/mol. The molecule has 0 N–H and O–H groups in total. The second-order valence-electron chi connectivity index (χ2n) is 3.49. The van der Waals surface area contributed by atoms with Crippen LogP contribution < -0.4 is 5.01 Å². The summed E-state index contributed by atoms with van der Waals surface area (Å²) in [6.07, 6.45) is 2.35. The average molecular weight is 188 g/mol. The summed E-state index contributed by atoms with van der Waals surface area (Å²) in [6.45, 7) is 1.99. The van der Waals surface area contributed by atoms with Crippen molar-refractivity contribution in [3.05, 3.63) is 30.3 Å². The first kappa shape index (κ1) is 8.94. The van der Waals surface area contributed by atoms with Gasteiger partial charge in [0.1, 0.15) is 0 Å². The van der Waals surface area contributed by atoms with Gasteiger partial charge in [0.25, 0.3) is 0 Å². The number of rotatable bonds is 1. The van der Waals surface area contributed by atoms with Gasteiger partial charge < -0.3 is 0 Å². The highest BCUT2D eigenvalue weighted by Gasteiger charge is 2.20. The number of hydrogen-bond acceptors (Lipinski definition) is 2. The molecular weight excluding hydrogens is 176 g/mol. The Balaban J connectivity index is 2.28. The zero-order chi connectivity index (χ0) is 9.97. The van der Waals surface area contributed by atoms with Crippen LogP contribution in [-0.4, -0.2) is 12.1 Å².